The normalized spacial score (nSPS) is 20.5. The Morgan fingerprint density at radius 1 is 1.21 bits per heavy atom. The molecule has 3 heterocycles. The highest BCUT2D eigenvalue weighted by atomic mass is 127. The third-order valence-electron chi connectivity index (χ3n) is 5.92. The van der Waals surface area contributed by atoms with Gasteiger partial charge in [0.05, 0.1) is 6.54 Å². The van der Waals surface area contributed by atoms with Crippen LogP contribution in [0.4, 0.5) is 0 Å². The van der Waals surface area contributed by atoms with Gasteiger partial charge < -0.3 is 15.5 Å². The lowest BCUT2D eigenvalue weighted by atomic mass is 10.0. The van der Waals surface area contributed by atoms with Gasteiger partial charge in [-0.05, 0) is 64.0 Å². The van der Waals surface area contributed by atoms with Crippen LogP contribution >= 0.6 is 35.3 Å². The number of nitrogens with one attached hydrogen (secondary N) is 2. The summed E-state index contributed by atoms with van der Waals surface area (Å²) >= 11 is 1.91. The first-order chi connectivity index (χ1) is 13.1. The number of rotatable bonds is 6. The highest BCUT2D eigenvalue weighted by molar-refractivity contribution is 14.0. The van der Waals surface area contributed by atoms with E-state index in [2.05, 4.69) is 59.6 Å². The second-order valence-electron chi connectivity index (χ2n) is 8.21. The van der Waals surface area contributed by atoms with Crippen LogP contribution in [0.25, 0.3) is 0 Å². The smallest absolute Gasteiger partial charge is 0.191 e. The van der Waals surface area contributed by atoms with Crippen LogP contribution < -0.4 is 10.6 Å². The Morgan fingerprint density at radius 3 is 2.64 bits per heavy atom. The molecule has 3 rings (SSSR count). The Balaban J connectivity index is 0.00000280. The molecule has 160 valence electrons. The molecular formula is C21H38IN5S. The fourth-order valence-electron chi connectivity index (χ4n) is 4.06. The maximum atomic E-state index is 4.92. The second kappa shape index (κ2) is 11.7. The average molecular weight is 520 g/mol. The monoisotopic (exact) mass is 519 g/mol. The van der Waals surface area contributed by atoms with E-state index in [1.807, 2.05) is 11.3 Å². The molecule has 2 aliphatic heterocycles. The molecular weight excluding hydrogens is 481 g/mol. The summed E-state index contributed by atoms with van der Waals surface area (Å²) in [7, 11) is 0. The van der Waals surface area contributed by atoms with E-state index in [1.165, 1.54) is 37.9 Å². The zero-order valence-electron chi connectivity index (χ0n) is 17.9. The summed E-state index contributed by atoms with van der Waals surface area (Å²) in [6, 6.07) is 3.95. The standard InChI is InChI=1S/C21H37N5S.HI/c1-5-22-21(24-19-6-10-25(11-7-19)16(2)3)23-14-17(4)26-12-8-20-18(15-26)9-13-27-20;/h9,13,16-17,19H,5-8,10-12,14-15H2,1-4H3,(H2,22,23,24);1H. The molecule has 0 amide bonds. The summed E-state index contributed by atoms with van der Waals surface area (Å²) in [5, 5.41) is 9.35. The van der Waals surface area contributed by atoms with Crippen molar-refractivity contribution in [3.63, 3.8) is 0 Å². The highest BCUT2D eigenvalue weighted by Gasteiger charge is 2.23. The van der Waals surface area contributed by atoms with Gasteiger partial charge in [0.2, 0.25) is 0 Å². The quantitative estimate of drug-likeness (QED) is 0.343. The van der Waals surface area contributed by atoms with Crippen molar-refractivity contribution in [3.05, 3.63) is 21.9 Å². The number of fused-ring (bicyclic) bond motifs is 1. The zero-order chi connectivity index (χ0) is 19.2. The lowest BCUT2D eigenvalue weighted by Crippen LogP contribution is -2.50. The molecule has 7 heteroatoms. The molecule has 0 spiro atoms. The van der Waals surface area contributed by atoms with Crippen LogP contribution in [0, 0.1) is 0 Å². The van der Waals surface area contributed by atoms with Crippen LogP contribution in [0.15, 0.2) is 16.4 Å². The fourth-order valence-corrected chi connectivity index (χ4v) is 4.95. The van der Waals surface area contributed by atoms with Crippen molar-refractivity contribution < 1.29 is 0 Å². The molecule has 0 bridgehead atoms. The van der Waals surface area contributed by atoms with Crippen LogP contribution in [0.5, 0.6) is 0 Å². The molecule has 1 unspecified atom stereocenters. The fraction of sp³-hybridized carbons (Fsp3) is 0.762. The number of piperidine rings is 1. The number of nitrogens with zero attached hydrogens (tertiary/aromatic N) is 3. The number of thiophene rings is 1. The SMILES string of the molecule is CCNC(=NCC(C)N1CCc2sccc2C1)NC1CCN(C(C)C)CC1.I. The lowest BCUT2D eigenvalue weighted by Gasteiger charge is -2.35. The molecule has 1 aromatic heterocycles. The third kappa shape index (κ3) is 6.57. The van der Waals surface area contributed by atoms with Gasteiger partial charge >= 0.3 is 0 Å². The maximum Gasteiger partial charge on any atom is 0.191 e. The Bertz CT molecular complexity index is 610. The van der Waals surface area contributed by atoms with Crippen molar-refractivity contribution in [2.45, 2.75) is 71.6 Å². The largest absolute Gasteiger partial charge is 0.357 e. The zero-order valence-corrected chi connectivity index (χ0v) is 21.1. The van der Waals surface area contributed by atoms with E-state index in [0.717, 1.165) is 32.1 Å². The minimum Gasteiger partial charge on any atom is -0.357 e. The van der Waals surface area contributed by atoms with Crippen molar-refractivity contribution >= 4 is 41.3 Å². The van der Waals surface area contributed by atoms with Gasteiger partial charge in [-0.15, -0.1) is 35.3 Å². The Morgan fingerprint density at radius 2 is 1.96 bits per heavy atom. The van der Waals surface area contributed by atoms with E-state index in [-0.39, 0.29) is 24.0 Å². The van der Waals surface area contributed by atoms with Crippen LogP contribution in [0.3, 0.4) is 0 Å². The predicted octanol–water partition coefficient (Wildman–Crippen LogP) is 3.54. The molecule has 1 aromatic rings. The number of likely N-dealkylation sites (tertiary alicyclic amines) is 1. The summed E-state index contributed by atoms with van der Waals surface area (Å²) in [4.78, 5) is 11.6. The predicted molar refractivity (Wildman–Crippen MR) is 132 cm³/mol. The van der Waals surface area contributed by atoms with Gasteiger partial charge in [-0.2, -0.15) is 0 Å². The molecule has 5 nitrogen and oxygen atoms in total. The molecule has 28 heavy (non-hydrogen) atoms. The van der Waals surface area contributed by atoms with Gasteiger partial charge in [-0.25, -0.2) is 0 Å². The van der Waals surface area contributed by atoms with Crippen LogP contribution in [0.1, 0.15) is 51.0 Å². The molecule has 2 N–H and O–H groups in total. The van der Waals surface area contributed by atoms with Gasteiger partial charge in [-0.1, -0.05) is 0 Å². The summed E-state index contributed by atoms with van der Waals surface area (Å²) in [6.07, 6.45) is 3.59. The molecule has 1 fully saturated rings. The first-order valence-corrected chi connectivity index (χ1v) is 11.5. The third-order valence-corrected chi connectivity index (χ3v) is 6.94. The minimum absolute atomic E-state index is 0. The van der Waals surface area contributed by atoms with E-state index < -0.39 is 0 Å². The van der Waals surface area contributed by atoms with Gasteiger partial charge in [-0.3, -0.25) is 9.89 Å². The molecule has 0 radical (unpaired) electrons. The summed E-state index contributed by atoms with van der Waals surface area (Å²) < 4.78 is 0. The summed E-state index contributed by atoms with van der Waals surface area (Å²) in [5.74, 6) is 0.987. The van der Waals surface area contributed by atoms with E-state index in [1.54, 1.807) is 4.88 Å². The lowest BCUT2D eigenvalue weighted by molar-refractivity contribution is 0.167. The number of halogens is 1. The number of guanidine groups is 1. The second-order valence-corrected chi connectivity index (χ2v) is 9.21. The molecule has 0 aliphatic carbocycles. The molecule has 0 aromatic carbocycles. The summed E-state index contributed by atoms with van der Waals surface area (Å²) in [6.45, 7) is 15.4. The van der Waals surface area contributed by atoms with E-state index in [9.17, 15) is 0 Å². The summed E-state index contributed by atoms with van der Waals surface area (Å²) in [5.41, 5.74) is 1.52. The van der Waals surface area contributed by atoms with E-state index in [0.29, 0.717) is 18.1 Å². The van der Waals surface area contributed by atoms with E-state index >= 15 is 0 Å². The topological polar surface area (TPSA) is 42.9 Å². The van der Waals surface area contributed by atoms with Crippen molar-refractivity contribution in [3.8, 4) is 0 Å². The minimum atomic E-state index is 0. The van der Waals surface area contributed by atoms with Crippen molar-refractivity contribution in [2.75, 3.05) is 32.7 Å². The van der Waals surface area contributed by atoms with Crippen molar-refractivity contribution in [1.29, 1.82) is 0 Å². The van der Waals surface area contributed by atoms with Gasteiger partial charge in [0, 0.05) is 55.7 Å². The Labute approximate surface area is 192 Å². The Hall–Kier alpha value is -0.380. The first kappa shape index (κ1) is 23.9. The van der Waals surface area contributed by atoms with Crippen LogP contribution in [0.2, 0.25) is 0 Å². The van der Waals surface area contributed by atoms with Gasteiger partial charge in [0.15, 0.2) is 5.96 Å². The average Bonchev–Trinajstić information content (AvgIpc) is 3.14. The van der Waals surface area contributed by atoms with Crippen LogP contribution in [-0.4, -0.2) is 66.6 Å². The van der Waals surface area contributed by atoms with Crippen molar-refractivity contribution in [2.24, 2.45) is 4.99 Å². The molecule has 1 saturated heterocycles. The Kier molecular flexibility index (Phi) is 10.00. The highest BCUT2D eigenvalue weighted by Crippen LogP contribution is 2.25. The van der Waals surface area contributed by atoms with Gasteiger partial charge in [0.25, 0.3) is 0 Å². The van der Waals surface area contributed by atoms with E-state index in [4.69, 9.17) is 4.99 Å². The number of aliphatic imine (C=N–C) groups is 1. The first-order valence-electron chi connectivity index (χ1n) is 10.6. The number of hydrogen-bond donors (Lipinski definition) is 2. The van der Waals surface area contributed by atoms with Gasteiger partial charge in [0.1, 0.15) is 0 Å². The molecule has 2 aliphatic rings. The van der Waals surface area contributed by atoms with Crippen LogP contribution in [-0.2, 0) is 13.0 Å². The number of hydrogen-bond acceptors (Lipinski definition) is 4. The maximum absolute atomic E-state index is 4.92. The van der Waals surface area contributed by atoms with Crippen molar-refractivity contribution in [1.82, 2.24) is 20.4 Å². The molecule has 1 atom stereocenters. The molecule has 0 saturated carbocycles.